The Hall–Kier alpha value is -4.60. The van der Waals surface area contributed by atoms with Crippen LogP contribution in [0.15, 0.2) is 54.9 Å². The average Bonchev–Trinajstić information content (AvgIpc) is 3.62. The number of alkyl halides is 3. The first-order valence-electron chi connectivity index (χ1n) is 12.4. The fourth-order valence-electron chi connectivity index (χ4n) is 3.99. The SMILES string of the molecule is Cc1cc(Cl)cc(C(=O)NCc2ccc(Cl)nc2)c1NC(=O)c1cc(Cn2nnc(C(F)(F)F)n2)nn1-c1ncccc1Cl. The van der Waals surface area contributed by atoms with Crippen LogP contribution in [0.3, 0.4) is 0 Å². The third-order valence-electron chi connectivity index (χ3n) is 5.97. The third kappa shape index (κ3) is 6.96. The minimum Gasteiger partial charge on any atom is -0.348 e. The van der Waals surface area contributed by atoms with Gasteiger partial charge in [0.05, 0.1) is 22.0 Å². The number of tetrazole rings is 1. The third-order valence-corrected chi connectivity index (χ3v) is 6.70. The van der Waals surface area contributed by atoms with Crippen molar-refractivity contribution < 1.29 is 22.8 Å². The van der Waals surface area contributed by atoms with E-state index in [4.69, 9.17) is 34.8 Å². The molecule has 2 N–H and O–H groups in total. The van der Waals surface area contributed by atoms with Crippen molar-refractivity contribution in [1.29, 1.82) is 0 Å². The maximum absolute atomic E-state index is 13.7. The molecule has 2 amide bonds. The minimum atomic E-state index is -4.80. The van der Waals surface area contributed by atoms with Crippen LogP contribution in [0.4, 0.5) is 18.9 Å². The Morgan fingerprint density at radius 2 is 1.80 bits per heavy atom. The van der Waals surface area contributed by atoms with Crippen LogP contribution in [0.2, 0.25) is 15.2 Å². The van der Waals surface area contributed by atoms with Crippen molar-refractivity contribution in [2.75, 3.05) is 5.32 Å². The summed E-state index contributed by atoms with van der Waals surface area (Å²) >= 11 is 18.4. The Bertz CT molecular complexity index is 1860. The zero-order valence-corrected chi connectivity index (χ0v) is 24.5. The summed E-state index contributed by atoms with van der Waals surface area (Å²) in [5.74, 6) is -2.65. The van der Waals surface area contributed by atoms with Crippen LogP contribution in [-0.4, -0.2) is 51.8 Å². The molecule has 0 bridgehead atoms. The normalized spacial score (nSPS) is 11.4. The second-order valence-electron chi connectivity index (χ2n) is 9.15. The number of carbonyl (C=O) groups is 2. The number of amides is 2. The molecule has 44 heavy (non-hydrogen) atoms. The summed E-state index contributed by atoms with van der Waals surface area (Å²) in [4.78, 5) is 35.8. The first-order valence-corrected chi connectivity index (χ1v) is 13.6. The van der Waals surface area contributed by atoms with Crippen molar-refractivity contribution >= 4 is 52.3 Å². The second-order valence-corrected chi connectivity index (χ2v) is 10.4. The van der Waals surface area contributed by atoms with Gasteiger partial charge in [-0.25, -0.2) is 14.6 Å². The number of nitrogens with one attached hydrogen (secondary N) is 2. The molecule has 226 valence electrons. The van der Waals surface area contributed by atoms with Crippen LogP contribution in [0, 0.1) is 6.92 Å². The number of aryl methyl sites for hydroxylation is 1. The largest absolute Gasteiger partial charge is 0.455 e. The molecule has 5 aromatic rings. The van der Waals surface area contributed by atoms with Gasteiger partial charge in [-0.3, -0.25) is 9.59 Å². The summed E-state index contributed by atoms with van der Waals surface area (Å²) in [6.45, 7) is 1.39. The standard InChI is InChI=1S/C26H18Cl3F3N10O2/c1-13-7-15(27)8-17(23(43)35-11-14-4-5-20(29)34-10-14)21(13)36-24(44)19-9-16(12-41-39-25(37-40-41)26(30,31)32)38-42(19)22-18(28)3-2-6-33-22/h2-10H,11-12H2,1H3,(H,35,43)(H,36,44). The lowest BCUT2D eigenvalue weighted by molar-refractivity contribution is -0.145. The van der Waals surface area contributed by atoms with Crippen molar-refractivity contribution in [3.05, 3.63) is 104 Å². The predicted molar refractivity (Wildman–Crippen MR) is 153 cm³/mol. The van der Waals surface area contributed by atoms with E-state index < -0.39 is 23.8 Å². The molecule has 0 aliphatic carbocycles. The van der Waals surface area contributed by atoms with Crippen molar-refractivity contribution in [2.45, 2.75) is 26.2 Å². The van der Waals surface area contributed by atoms with Crippen LogP contribution >= 0.6 is 34.8 Å². The fourth-order valence-corrected chi connectivity index (χ4v) is 4.57. The van der Waals surface area contributed by atoms with Gasteiger partial charge in [-0.05, 0) is 59.7 Å². The molecule has 0 aliphatic heterocycles. The molecule has 0 saturated heterocycles. The molecular weight excluding hydrogens is 648 g/mol. The number of anilines is 1. The van der Waals surface area contributed by atoms with Gasteiger partial charge in [-0.2, -0.15) is 23.1 Å². The molecule has 1 aromatic carbocycles. The maximum Gasteiger partial charge on any atom is 0.455 e. The van der Waals surface area contributed by atoms with Gasteiger partial charge in [0, 0.05) is 24.0 Å². The molecule has 0 unspecified atom stereocenters. The van der Waals surface area contributed by atoms with Gasteiger partial charge >= 0.3 is 6.18 Å². The van der Waals surface area contributed by atoms with Crippen molar-refractivity contribution in [2.24, 2.45) is 0 Å². The van der Waals surface area contributed by atoms with Gasteiger partial charge in [0.25, 0.3) is 17.6 Å². The van der Waals surface area contributed by atoms with E-state index in [1.807, 2.05) is 0 Å². The Kier molecular flexibility index (Phi) is 8.80. The lowest BCUT2D eigenvalue weighted by atomic mass is 10.1. The molecule has 0 fully saturated rings. The highest BCUT2D eigenvalue weighted by atomic mass is 35.5. The van der Waals surface area contributed by atoms with Crippen molar-refractivity contribution in [3.63, 3.8) is 0 Å². The van der Waals surface area contributed by atoms with Gasteiger partial charge in [-0.15, -0.1) is 10.2 Å². The number of aromatic nitrogens is 8. The number of hydrogen-bond donors (Lipinski definition) is 2. The van der Waals surface area contributed by atoms with Crippen LogP contribution < -0.4 is 10.6 Å². The van der Waals surface area contributed by atoms with E-state index in [0.717, 1.165) is 4.68 Å². The summed E-state index contributed by atoms with van der Waals surface area (Å²) in [5.41, 5.74) is 1.35. The monoisotopic (exact) mass is 664 g/mol. The highest BCUT2D eigenvalue weighted by molar-refractivity contribution is 6.32. The average molecular weight is 666 g/mol. The van der Waals surface area contributed by atoms with E-state index in [-0.39, 0.29) is 51.6 Å². The van der Waals surface area contributed by atoms with E-state index in [1.165, 1.54) is 30.6 Å². The zero-order chi connectivity index (χ0) is 31.6. The van der Waals surface area contributed by atoms with Crippen molar-refractivity contribution in [1.82, 2.24) is 45.3 Å². The van der Waals surface area contributed by atoms with Gasteiger partial charge in [0.15, 0.2) is 5.82 Å². The van der Waals surface area contributed by atoms with Gasteiger partial charge in [0.2, 0.25) is 0 Å². The van der Waals surface area contributed by atoms with Crippen LogP contribution in [0.1, 0.15) is 43.5 Å². The van der Waals surface area contributed by atoms with E-state index >= 15 is 0 Å². The van der Waals surface area contributed by atoms with Crippen LogP contribution in [-0.2, 0) is 19.3 Å². The molecule has 4 aromatic heterocycles. The number of rotatable bonds is 8. The molecular formula is C26H18Cl3F3N10O2. The first kappa shape index (κ1) is 30.8. The number of hydrogen-bond acceptors (Lipinski definition) is 8. The van der Waals surface area contributed by atoms with Gasteiger partial charge in [-0.1, -0.05) is 40.9 Å². The number of nitrogens with zero attached hydrogens (tertiary/aromatic N) is 8. The summed E-state index contributed by atoms with van der Waals surface area (Å²) in [6.07, 6.45) is -1.87. The second kappa shape index (κ2) is 12.6. The highest BCUT2D eigenvalue weighted by Gasteiger charge is 2.37. The van der Waals surface area contributed by atoms with Crippen LogP contribution in [0.25, 0.3) is 5.82 Å². The molecule has 4 heterocycles. The smallest absolute Gasteiger partial charge is 0.348 e. The first-order chi connectivity index (χ1) is 20.9. The summed E-state index contributed by atoms with van der Waals surface area (Å²) < 4.78 is 40.0. The quantitative estimate of drug-likeness (QED) is 0.216. The Morgan fingerprint density at radius 3 is 2.48 bits per heavy atom. The van der Waals surface area contributed by atoms with E-state index in [9.17, 15) is 22.8 Å². The summed E-state index contributed by atoms with van der Waals surface area (Å²) in [6, 6.07) is 10.6. The zero-order valence-electron chi connectivity index (χ0n) is 22.3. The number of pyridine rings is 2. The Balaban J connectivity index is 1.46. The molecule has 0 aliphatic rings. The molecule has 5 rings (SSSR count). The predicted octanol–water partition coefficient (Wildman–Crippen LogP) is 5.17. The minimum absolute atomic E-state index is 0.0652. The fraction of sp³-hybridized carbons (Fsp3) is 0.154. The topological polar surface area (TPSA) is 145 Å². The van der Waals surface area contributed by atoms with E-state index in [2.05, 4.69) is 41.1 Å². The highest BCUT2D eigenvalue weighted by Crippen LogP contribution is 2.28. The molecule has 0 spiro atoms. The van der Waals surface area contributed by atoms with Gasteiger partial charge < -0.3 is 10.6 Å². The Labute approximate surface area is 261 Å². The number of benzene rings is 1. The molecule has 12 nitrogen and oxygen atoms in total. The summed E-state index contributed by atoms with van der Waals surface area (Å²) in [5, 5.41) is 20.2. The van der Waals surface area contributed by atoms with Crippen LogP contribution in [0.5, 0.6) is 0 Å². The molecule has 18 heteroatoms. The van der Waals surface area contributed by atoms with E-state index in [0.29, 0.717) is 21.1 Å². The Morgan fingerprint density at radius 1 is 1.00 bits per heavy atom. The summed E-state index contributed by atoms with van der Waals surface area (Å²) in [7, 11) is 0. The van der Waals surface area contributed by atoms with Gasteiger partial charge in [0.1, 0.15) is 17.4 Å². The van der Waals surface area contributed by atoms with Crippen molar-refractivity contribution in [3.8, 4) is 5.82 Å². The number of halogens is 6. The number of carbonyl (C=O) groups excluding carboxylic acids is 2. The maximum atomic E-state index is 13.7. The van der Waals surface area contributed by atoms with E-state index in [1.54, 1.807) is 31.2 Å². The molecule has 0 radical (unpaired) electrons. The molecule has 0 atom stereocenters. The molecule has 0 saturated carbocycles. The lowest BCUT2D eigenvalue weighted by Gasteiger charge is -2.15. The lowest BCUT2D eigenvalue weighted by Crippen LogP contribution is -2.26.